The fourth-order valence-electron chi connectivity index (χ4n) is 2.38. The number of halogens is 1. The molecule has 0 spiro atoms. The predicted octanol–water partition coefficient (Wildman–Crippen LogP) is 3.60. The van der Waals surface area contributed by atoms with Gasteiger partial charge in [-0.15, -0.1) is 0 Å². The van der Waals surface area contributed by atoms with Crippen molar-refractivity contribution < 1.29 is 28.8 Å². The average molecular weight is 433 g/mol. The first kappa shape index (κ1) is 22.7. The lowest BCUT2D eigenvalue weighted by Gasteiger charge is -2.07. The number of benzene rings is 2. The van der Waals surface area contributed by atoms with E-state index in [1.54, 1.807) is 18.2 Å². The first-order valence-electron chi connectivity index (χ1n) is 8.71. The van der Waals surface area contributed by atoms with Crippen molar-refractivity contribution in [3.8, 4) is 0 Å². The van der Waals surface area contributed by atoms with Gasteiger partial charge < -0.3 is 10.1 Å². The van der Waals surface area contributed by atoms with E-state index < -0.39 is 34.9 Å². The van der Waals surface area contributed by atoms with E-state index in [0.29, 0.717) is 11.3 Å². The summed E-state index contributed by atoms with van der Waals surface area (Å²) in [5.74, 6) is -2.04. The summed E-state index contributed by atoms with van der Waals surface area (Å²) in [5.41, 5.74) is 0.398. The summed E-state index contributed by atoms with van der Waals surface area (Å²) in [6.45, 7) is 0.778. The van der Waals surface area contributed by atoms with E-state index in [9.17, 15) is 29.3 Å². The van der Waals surface area contributed by atoms with Crippen molar-refractivity contribution in [3.63, 3.8) is 0 Å². The fourth-order valence-corrected chi connectivity index (χ4v) is 2.57. The molecule has 0 heterocycles. The largest absolute Gasteiger partial charge is 0.457 e. The quantitative estimate of drug-likeness (QED) is 0.277. The van der Waals surface area contributed by atoms with Gasteiger partial charge in [-0.25, -0.2) is 0 Å². The number of hydrogen-bond donors (Lipinski definition) is 1. The molecule has 1 N–H and O–H groups in total. The summed E-state index contributed by atoms with van der Waals surface area (Å²) in [6.07, 6.45) is -0.462. The van der Waals surface area contributed by atoms with Gasteiger partial charge in [0.2, 0.25) is 11.7 Å². The number of carbonyl (C=O) groups is 4. The second-order valence-corrected chi connectivity index (χ2v) is 6.60. The van der Waals surface area contributed by atoms with E-state index in [1.807, 2.05) is 0 Å². The Kier molecular flexibility index (Phi) is 7.76. The first-order chi connectivity index (χ1) is 14.2. The van der Waals surface area contributed by atoms with Gasteiger partial charge in [0, 0.05) is 29.3 Å². The number of carbonyl (C=O) groups excluding carboxylic acids is 4. The van der Waals surface area contributed by atoms with Crippen LogP contribution in [-0.2, 0) is 14.3 Å². The van der Waals surface area contributed by atoms with Crippen LogP contribution in [0.1, 0.15) is 40.5 Å². The van der Waals surface area contributed by atoms with Gasteiger partial charge in [-0.1, -0.05) is 23.7 Å². The van der Waals surface area contributed by atoms with E-state index in [-0.39, 0.29) is 29.2 Å². The fraction of sp³-hybridized carbons (Fsp3) is 0.200. The van der Waals surface area contributed by atoms with E-state index >= 15 is 0 Å². The number of Topliss-reactive ketones (excluding diaryl/α,β-unsaturated/α-hetero) is 2. The Morgan fingerprint density at radius 2 is 1.80 bits per heavy atom. The molecule has 0 bridgehead atoms. The highest BCUT2D eigenvalue weighted by atomic mass is 35.5. The molecule has 156 valence electrons. The van der Waals surface area contributed by atoms with Crippen LogP contribution < -0.4 is 5.32 Å². The van der Waals surface area contributed by atoms with Gasteiger partial charge in [0.1, 0.15) is 5.02 Å². The van der Waals surface area contributed by atoms with Gasteiger partial charge in [-0.3, -0.25) is 29.3 Å². The lowest BCUT2D eigenvalue weighted by Crippen LogP contribution is -2.17. The molecule has 0 aliphatic carbocycles. The standard InChI is InChI=1S/C20H17ClN2O7/c1-12(24)13-3-2-4-15(9-13)22-19(26)7-8-20(27)30-11-18(25)14-5-6-16(21)17(10-14)23(28)29/h2-6,9-10H,7-8,11H2,1H3,(H,22,26). The Labute approximate surface area is 176 Å². The summed E-state index contributed by atoms with van der Waals surface area (Å²) in [5, 5.41) is 13.3. The molecule has 0 fully saturated rings. The molecule has 9 nitrogen and oxygen atoms in total. The molecule has 0 unspecified atom stereocenters. The number of amides is 1. The first-order valence-corrected chi connectivity index (χ1v) is 9.09. The van der Waals surface area contributed by atoms with Gasteiger partial charge in [-0.2, -0.15) is 0 Å². The third kappa shape index (κ3) is 6.49. The normalized spacial score (nSPS) is 10.2. The highest BCUT2D eigenvalue weighted by molar-refractivity contribution is 6.32. The summed E-state index contributed by atoms with van der Waals surface area (Å²) in [4.78, 5) is 57.3. The summed E-state index contributed by atoms with van der Waals surface area (Å²) >= 11 is 5.68. The molecule has 0 atom stereocenters. The predicted molar refractivity (Wildman–Crippen MR) is 108 cm³/mol. The van der Waals surface area contributed by atoms with Crippen molar-refractivity contribution in [2.45, 2.75) is 19.8 Å². The zero-order valence-electron chi connectivity index (χ0n) is 15.8. The minimum Gasteiger partial charge on any atom is -0.457 e. The Morgan fingerprint density at radius 3 is 2.47 bits per heavy atom. The van der Waals surface area contributed by atoms with Crippen LogP contribution in [-0.4, -0.2) is 35.0 Å². The molecule has 2 rings (SSSR count). The zero-order valence-corrected chi connectivity index (χ0v) is 16.6. The van der Waals surface area contributed by atoms with E-state index in [1.165, 1.54) is 25.1 Å². The number of hydrogen-bond acceptors (Lipinski definition) is 7. The SMILES string of the molecule is CC(=O)c1cccc(NC(=O)CCC(=O)OCC(=O)c2ccc(Cl)c([N+](=O)[O-])c2)c1. The Balaban J connectivity index is 1.82. The van der Waals surface area contributed by atoms with Crippen molar-refractivity contribution in [1.82, 2.24) is 0 Å². The molecule has 0 aliphatic rings. The molecule has 2 aromatic carbocycles. The van der Waals surface area contributed by atoms with Crippen LogP contribution in [0, 0.1) is 10.1 Å². The molecule has 0 aromatic heterocycles. The van der Waals surface area contributed by atoms with Crippen LogP contribution in [0.5, 0.6) is 0 Å². The highest BCUT2D eigenvalue weighted by Gasteiger charge is 2.18. The maximum atomic E-state index is 12.1. The highest BCUT2D eigenvalue weighted by Crippen LogP contribution is 2.25. The third-order valence-electron chi connectivity index (χ3n) is 3.94. The van der Waals surface area contributed by atoms with Crippen LogP contribution in [0.25, 0.3) is 0 Å². The molecule has 2 aromatic rings. The molecule has 0 aliphatic heterocycles. The van der Waals surface area contributed by atoms with Crippen molar-refractivity contribution in [2.24, 2.45) is 0 Å². The molecule has 10 heteroatoms. The van der Waals surface area contributed by atoms with Crippen molar-refractivity contribution in [3.05, 3.63) is 68.7 Å². The van der Waals surface area contributed by atoms with Gasteiger partial charge in [0.15, 0.2) is 12.4 Å². The van der Waals surface area contributed by atoms with Gasteiger partial charge in [0.05, 0.1) is 11.3 Å². The summed E-state index contributed by atoms with van der Waals surface area (Å²) in [6, 6.07) is 9.85. The number of ketones is 2. The number of rotatable bonds is 9. The lowest BCUT2D eigenvalue weighted by atomic mass is 10.1. The summed E-state index contributed by atoms with van der Waals surface area (Å²) < 4.78 is 4.82. The molecular weight excluding hydrogens is 416 g/mol. The van der Waals surface area contributed by atoms with Crippen molar-refractivity contribution in [2.75, 3.05) is 11.9 Å². The minimum atomic E-state index is -0.778. The van der Waals surface area contributed by atoms with Crippen LogP contribution in [0.15, 0.2) is 42.5 Å². The van der Waals surface area contributed by atoms with Gasteiger partial charge >= 0.3 is 5.97 Å². The van der Waals surface area contributed by atoms with E-state index in [0.717, 1.165) is 6.07 Å². The Morgan fingerprint density at radius 1 is 1.07 bits per heavy atom. The third-order valence-corrected chi connectivity index (χ3v) is 4.26. The van der Waals surface area contributed by atoms with Crippen LogP contribution >= 0.6 is 11.6 Å². The van der Waals surface area contributed by atoms with E-state index in [2.05, 4.69) is 5.32 Å². The molecule has 1 amide bonds. The molecule has 0 saturated carbocycles. The lowest BCUT2D eigenvalue weighted by molar-refractivity contribution is -0.384. The maximum Gasteiger partial charge on any atom is 0.306 e. The second kappa shape index (κ2) is 10.3. The van der Waals surface area contributed by atoms with Gasteiger partial charge in [-0.05, 0) is 31.2 Å². The molecule has 0 saturated heterocycles. The number of anilines is 1. The van der Waals surface area contributed by atoms with Crippen LogP contribution in [0.3, 0.4) is 0 Å². The number of nitro benzene ring substituents is 1. The van der Waals surface area contributed by atoms with Crippen LogP contribution in [0.2, 0.25) is 5.02 Å². The second-order valence-electron chi connectivity index (χ2n) is 6.19. The smallest absolute Gasteiger partial charge is 0.306 e. The molecule has 30 heavy (non-hydrogen) atoms. The van der Waals surface area contributed by atoms with E-state index in [4.69, 9.17) is 16.3 Å². The number of nitro groups is 1. The topological polar surface area (TPSA) is 133 Å². The van der Waals surface area contributed by atoms with Crippen molar-refractivity contribution in [1.29, 1.82) is 0 Å². The monoisotopic (exact) mass is 432 g/mol. The Hall–Kier alpha value is -3.59. The summed E-state index contributed by atoms with van der Waals surface area (Å²) in [7, 11) is 0. The number of esters is 1. The number of nitrogens with zero attached hydrogens (tertiary/aromatic N) is 1. The molecular formula is C20H17ClN2O7. The van der Waals surface area contributed by atoms with Gasteiger partial charge in [0.25, 0.3) is 5.69 Å². The zero-order chi connectivity index (χ0) is 22.3. The minimum absolute atomic E-state index is 0.0259. The average Bonchev–Trinajstić information content (AvgIpc) is 2.70. The number of ether oxygens (including phenoxy) is 1. The number of nitrogens with one attached hydrogen (secondary N) is 1. The molecule has 0 radical (unpaired) electrons. The van der Waals surface area contributed by atoms with Crippen molar-refractivity contribution >= 4 is 46.4 Å². The van der Waals surface area contributed by atoms with Crippen LogP contribution in [0.4, 0.5) is 11.4 Å². The Bertz CT molecular complexity index is 1020. The maximum absolute atomic E-state index is 12.1.